The summed E-state index contributed by atoms with van der Waals surface area (Å²) in [4.78, 5) is 52.0. The van der Waals surface area contributed by atoms with Crippen LogP contribution in [0.15, 0.2) is 28.1 Å². The maximum absolute atomic E-state index is 14.1. The van der Waals surface area contributed by atoms with Gasteiger partial charge in [0.1, 0.15) is 0 Å². The number of piperidine rings is 2. The SMILES string of the molecule is CN1CCCN(C2CCN(C(=O)[C@H](CC(=O)N3CCC(N4Cc5sccc5NC4=O)CC3)Cc3cc(Br)c(N)c(C(F)(F)F)c3)CC2)CC1. The summed E-state index contributed by atoms with van der Waals surface area (Å²) < 4.78 is 41.7. The largest absolute Gasteiger partial charge is 0.418 e. The Morgan fingerprint density at radius 3 is 2.41 bits per heavy atom. The third-order valence-corrected chi connectivity index (χ3v) is 12.2. The van der Waals surface area contributed by atoms with Gasteiger partial charge in [-0.25, -0.2) is 4.79 Å². The van der Waals surface area contributed by atoms with E-state index in [2.05, 4.69) is 38.1 Å². The Morgan fingerprint density at radius 1 is 1.00 bits per heavy atom. The van der Waals surface area contributed by atoms with Gasteiger partial charge in [-0.2, -0.15) is 13.2 Å². The number of carbonyl (C=O) groups is 3. The summed E-state index contributed by atoms with van der Waals surface area (Å²) in [5.41, 5.74) is 5.55. The summed E-state index contributed by atoms with van der Waals surface area (Å²) in [5, 5.41) is 4.90. The van der Waals surface area contributed by atoms with E-state index in [1.54, 1.807) is 21.1 Å². The maximum atomic E-state index is 14.1. The number of nitrogens with one attached hydrogen (secondary N) is 1. The number of nitrogen functional groups attached to an aromatic ring is 1. The van der Waals surface area contributed by atoms with Crippen molar-refractivity contribution in [2.75, 3.05) is 70.5 Å². The van der Waals surface area contributed by atoms with E-state index >= 15 is 0 Å². The number of likely N-dealkylation sites (tertiary alicyclic amines) is 2. The number of thiophene rings is 1. The van der Waals surface area contributed by atoms with Crippen LogP contribution < -0.4 is 11.1 Å². The molecule has 6 rings (SSSR count). The predicted octanol–water partition coefficient (Wildman–Crippen LogP) is 5.33. The molecule has 268 valence electrons. The minimum Gasteiger partial charge on any atom is -0.397 e. The van der Waals surface area contributed by atoms with Crippen molar-refractivity contribution in [2.45, 2.75) is 69.8 Å². The molecule has 3 saturated heterocycles. The summed E-state index contributed by atoms with van der Waals surface area (Å²) in [7, 11) is 2.14. The van der Waals surface area contributed by atoms with Crippen molar-refractivity contribution in [1.29, 1.82) is 0 Å². The first-order valence-corrected chi connectivity index (χ1v) is 18.8. The number of alkyl halides is 3. The molecule has 0 spiro atoms. The Morgan fingerprint density at radius 2 is 1.69 bits per heavy atom. The Balaban J connectivity index is 1.13. The molecule has 15 heteroatoms. The average Bonchev–Trinajstić information content (AvgIpc) is 3.42. The minimum absolute atomic E-state index is 0.0154. The smallest absolute Gasteiger partial charge is 0.397 e. The van der Waals surface area contributed by atoms with Crippen LogP contribution in [0.5, 0.6) is 0 Å². The normalized spacial score (nSPS) is 21.3. The van der Waals surface area contributed by atoms with E-state index in [0.29, 0.717) is 57.2 Å². The number of nitrogens with two attached hydrogens (primary N) is 1. The quantitative estimate of drug-likeness (QED) is 0.370. The highest BCUT2D eigenvalue weighted by Gasteiger charge is 2.38. The summed E-state index contributed by atoms with van der Waals surface area (Å²) in [6.07, 6.45) is -0.807. The van der Waals surface area contributed by atoms with Crippen molar-refractivity contribution < 1.29 is 27.6 Å². The van der Waals surface area contributed by atoms with E-state index in [1.807, 2.05) is 16.3 Å². The molecule has 4 amide bonds. The molecule has 0 bridgehead atoms. The molecule has 0 saturated carbocycles. The average molecular weight is 769 g/mol. The second kappa shape index (κ2) is 15.2. The molecule has 0 aliphatic carbocycles. The number of benzene rings is 1. The first kappa shape index (κ1) is 35.9. The Hall–Kier alpha value is -2.88. The number of nitrogens with zero attached hydrogens (tertiary/aromatic N) is 5. The molecule has 4 aliphatic rings. The van der Waals surface area contributed by atoms with E-state index in [-0.39, 0.29) is 41.2 Å². The number of hydrogen-bond donors (Lipinski definition) is 2. The summed E-state index contributed by atoms with van der Waals surface area (Å²) in [5.74, 6) is -1.22. The zero-order chi connectivity index (χ0) is 34.9. The number of likely N-dealkylation sites (N-methyl/N-ethyl adjacent to an activating group) is 1. The van der Waals surface area contributed by atoms with E-state index in [1.165, 1.54) is 6.07 Å². The molecule has 10 nitrogen and oxygen atoms in total. The Kier molecular flexibility index (Phi) is 11.1. The van der Waals surface area contributed by atoms with Gasteiger partial charge < -0.3 is 30.7 Å². The number of anilines is 2. The molecular weight excluding hydrogens is 723 g/mol. The van der Waals surface area contributed by atoms with Crippen molar-refractivity contribution in [1.82, 2.24) is 24.5 Å². The van der Waals surface area contributed by atoms with Gasteiger partial charge in [0.25, 0.3) is 0 Å². The van der Waals surface area contributed by atoms with Gasteiger partial charge in [-0.05, 0) is 104 Å². The highest BCUT2D eigenvalue weighted by atomic mass is 79.9. The lowest BCUT2D eigenvalue weighted by atomic mass is 9.91. The lowest BCUT2D eigenvalue weighted by Gasteiger charge is -2.41. The first-order chi connectivity index (χ1) is 23.4. The second-order valence-electron chi connectivity index (χ2n) is 13.8. The van der Waals surface area contributed by atoms with Crippen LogP contribution in [0, 0.1) is 5.92 Å². The molecule has 2 aromatic rings. The van der Waals surface area contributed by atoms with E-state index in [9.17, 15) is 27.6 Å². The zero-order valence-corrected chi connectivity index (χ0v) is 30.2. The number of carbonyl (C=O) groups excluding carboxylic acids is 3. The van der Waals surface area contributed by atoms with Crippen LogP contribution in [0.25, 0.3) is 0 Å². The van der Waals surface area contributed by atoms with Gasteiger partial charge in [-0.3, -0.25) is 14.5 Å². The molecule has 1 atom stereocenters. The second-order valence-corrected chi connectivity index (χ2v) is 15.7. The van der Waals surface area contributed by atoms with E-state index < -0.39 is 23.3 Å². The molecule has 5 heterocycles. The van der Waals surface area contributed by atoms with Crippen LogP contribution in [-0.4, -0.2) is 114 Å². The molecular formula is C34H45BrF3N7O3S. The fraction of sp³-hybridized carbons (Fsp3) is 0.618. The topological polar surface area (TPSA) is 105 Å². The third-order valence-electron chi connectivity index (χ3n) is 10.6. The van der Waals surface area contributed by atoms with Crippen molar-refractivity contribution in [3.8, 4) is 0 Å². The van der Waals surface area contributed by atoms with Gasteiger partial charge in [0.2, 0.25) is 11.8 Å². The van der Waals surface area contributed by atoms with Crippen molar-refractivity contribution in [3.63, 3.8) is 0 Å². The van der Waals surface area contributed by atoms with Crippen LogP contribution in [0.1, 0.15) is 54.5 Å². The van der Waals surface area contributed by atoms with Gasteiger partial charge in [-0.15, -0.1) is 11.3 Å². The number of fused-ring (bicyclic) bond motifs is 1. The Bertz CT molecular complexity index is 1520. The number of urea groups is 1. The van der Waals surface area contributed by atoms with Gasteiger partial charge in [-0.1, -0.05) is 0 Å². The van der Waals surface area contributed by atoms with Gasteiger partial charge in [0.15, 0.2) is 0 Å². The standard InChI is InChI=1S/C34H45BrF3N7O3S/c1-41-8-2-9-42(15-14-41)24-3-12-44(13-4-24)32(47)23(17-22-18-26(34(36,37)38)31(39)27(35)19-22)20-30(46)43-10-5-25(6-11-43)45-21-29-28(7-16-49-29)40-33(45)48/h7,16,18-19,23-25H,2-6,8-15,17,20-21,39H2,1H3,(H,40,48)/t23-/m0/s1. The van der Waals surface area contributed by atoms with Gasteiger partial charge in [0.05, 0.1) is 29.4 Å². The number of amides is 4. The molecule has 3 fully saturated rings. The molecule has 3 N–H and O–H groups in total. The molecule has 0 radical (unpaired) electrons. The lowest BCUT2D eigenvalue weighted by Crippen LogP contribution is -2.51. The van der Waals surface area contributed by atoms with Crippen molar-refractivity contribution in [2.24, 2.45) is 5.92 Å². The number of halogens is 4. The minimum atomic E-state index is -4.66. The first-order valence-electron chi connectivity index (χ1n) is 17.2. The van der Waals surface area contributed by atoms with Crippen LogP contribution in [0.2, 0.25) is 0 Å². The van der Waals surface area contributed by atoms with Gasteiger partial charge >= 0.3 is 12.2 Å². The summed E-state index contributed by atoms with van der Waals surface area (Å²) in [6.45, 7) is 6.62. The molecule has 0 unspecified atom stereocenters. The van der Waals surface area contributed by atoms with E-state index in [4.69, 9.17) is 5.73 Å². The monoisotopic (exact) mass is 767 g/mol. The summed E-state index contributed by atoms with van der Waals surface area (Å²) >= 11 is 4.78. The molecule has 1 aromatic carbocycles. The molecule has 4 aliphatic heterocycles. The highest BCUT2D eigenvalue weighted by Crippen LogP contribution is 2.39. The van der Waals surface area contributed by atoms with Crippen LogP contribution in [-0.2, 0) is 28.7 Å². The Labute approximate surface area is 297 Å². The molecule has 49 heavy (non-hydrogen) atoms. The van der Waals surface area contributed by atoms with E-state index in [0.717, 1.165) is 62.1 Å². The fourth-order valence-electron chi connectivity index (χ4n) is 7.75. The van der Waals surface area contributed by atoms with Crippen LogP contribution in [0.4, 0.5) is 29.3 Å². The van der Waals surface area contributed by atoms with Crippen LogP contribution >= 0.6 is 27.3 Å². The highest BCUT2D eigenvalue weighted by molar-refractivity contribution is 9.10. The van der Waals surface area contributed by atoms with Gasteiger partial charge in [0, 0.05) is 67.1 Å². The lowest BCUT2D eigenvalue weighted by molar-refractivity contribution is -0.143. The predicted molar refractivity (Wildman–Crippen MR) is 187 cm³/mol. The molecule has 1 aromatic heterocycles. The maximum Gasteiger partial charge on any atom is 0.418 e. The number of hydrogen-bond acceptors (Lipinski definition) is 7. The van der Waals surface area contributed by atoms with Crippen LogP contribution in [0.3, 0.4) is 0 Å². The van der Waals surface area contributed by atoms with Crippen molar-refractivity contribution in [3.05, 3.63) is 44.1 Å². The van der Waals surface area contributed by atoms with Crippen molar-refractivity contribution >= 4 is 56.5 Å². The summed E-state index contributed by atoms with van der Waals surface area (Å²) in [6, 6.07) is 4.65. The zero-order valence-electron chi connectivity index (χ0n) is 27.8. The number of rotatable bonds is 7. The fourth-order valence-corrected chi connectivity index (χ4v) is 9.08. The third kappa shape index (κ3) is 8.37.